The Balaban J connectivity index is 1.86. The van der Waals surface area contributed by atoms with Gasteiger partial charge in [-0.3, -0.25) is 0 Å². The molecule has 1 aliphatic heterocycles. The number of nitrogens with one attached hydrogen (secondary N) is 1. The van der Waals surface area contributed by atoms with Gasteiger partial charge in [0.25, 0.3) is 0 Å². The molecule has 2 aromatic carbocycles. The van der Waals surface area contributed by atoms with E-state index in [4.69, 9.17) is 10.5 Å². The van der Waals surface area contributed by atoms with E-state index in [1.165, 1.54) is 16.7 Å². The Bertz CT molecular complexity index is 854. The zero-order valence-corrected chi connectivity index (χ0v) is 15.9. The number of rotatable bonds is 4. The number of ether oxygens (including phenoxy) is 1. The highest BCUT2D eigenvalue weighted by Gasteiger charge is 2.27. The van der Waals surface area contributed by atoms with Crippen LogP contribution in [0.5, 0.6) is 5.75 Å². The third kappa shape index (κ3) is 3.59. The number of aliphatic imine (C=N–C) groups is 1. The first-order valence-corrected chi connectivity index (χ1v) is 9.05. The normalized spacial score (nSPS) is 19.2. The van der Waals surface area contributed by atoms with Gasteiger partial charge in [0.05, 0.1) is 12.8 Å². The summed E-state index contributed by atoms with van der Waals surface area (Å²) in [4.78, 5) is 4.63. The summed E-state index contributed by atoms with van der Waals surface area (Å²) in [5.74, 6) is 2.22. The number of nitrogens with two attached hydrogens (primary N) is 1. The van der Waals surface area contributed by atoms with Gasteiger partial charge in [-0.2, -0.15) is 0 Å². The molecule has 0 spiro atoms. The molecule has 0 amide bonds. The van der Waals surface area contributed by atoms with E-state index in [2.05, 4.69) is 61.4 Å². The lowest BCUT2D eigenvalue weighted by molar-refractivity contribution is 0.416. The largest absolute Gasteiger partial charge is 0.495 e. The van der Waals surface area contributed by atoms with E-state index in [0.29, 0.717) is 11.4 Å². The van der Waals surface area contributed by atoms with E-state index >= 15 is 0 Å². The molecule has 0 radical (unpaired) electrons. The minimum absolute atomic E-state index is 0.236. The molecule has 1 heterocycles. The Morgan fingerprint density at radius 1 is 1.12 bits per heavy atom. The maximum atomic E-state index is 6.12. The lowest BCUT2D eigenvalue weighted by Gasteiger charge is -2.29. The Kier molecular flexibility index (Phi) is 5.31. The second kappa shape index (κ2) is 7.65. The minimum atomic E-state index is 0.236. The molecule has 0 fully saturated rings. The Morgan fingerprint density at radius 3 is 2.58 bits per heavy atom. The molecular formula is C22H27N3O. The number of benzene rings is 2. The van der Waals surface area contributed by atoms with Crippen LogP contribution in [-0.4, -0.2) is 12.9 Å². The molecule has 0 saturated heterocycles. The summed E-state index contributed by atoms with van der Waals surface area (Å²) >= 11 is 0. The van der Waals surface area contributed by atoms with Crippen molar-refractivity contribution < 1.29 is 4.74 Å². The molecule has 1 aliphatic rings. The van der Waals surface area contributed by atoms with E-state index in [0.717, 1.165) is 17.9 Å². The summed E-state index contributed by atoms with van der Waals surface area (Å²) in [7, 11) is 1.64. The predicted molar refractivity (Wildman–Crippen MR) is 110 cm³/mol. The second-order valence-electron chi connectivity index (χ2n) is 6.82. The van der Waals surface area contributed by atoms with Crippen LogP contribution in [-0.2, 0) is 0 Å². The summed E-state index contributed by atoms with van der Waals surface area (Å²) in [5, 5.41) is 3.53. The van der Waals surface area contributed by atoms with Crippen molar-refractivity contribution in [3.63, 3.8) is 0 Å². The number of hydrogen-bond donors (Lipinski definition) is 2. The van der Waals surface area contributed by atoms with E-state index in [-0.39, 0.29) is 11.8 Å². The molecule has 0 saturated carbocycles. The molecule has 2 atom stereocenters. The van der Waals surface area contributed by atoms with Gasteiger partial charge in [0.15, 0.2) is 0 Å². The first-order valence-electron chi connectivity index (χ1n) is 9.05. The highest BCUT2D eigenvalue weighted by molar-refractivity contribution is 5.99. The number of aryl methyl sites for hydroxylation is 2. The van der Waals surface area contributed by atoms with Crippen LogP contribution >= 0.6 is 0 Å². The molecule has 0 aromatic heterocycles. The van der Waals surface area contributed by atoms with Crippen LogP contribution in [0.3, 0.4) is 0 Å². The van der Waals surface area contributed by atoms with Crippen molar-refractivity contribution in [3.8, 4) is 5.75 Å². The molecule has 26 heavy (non-hydrogen) atoms. The molecule has 3 rings (SSSR count). The van der Waals surface area contributed by atoms with Crippen LogP contribution in [0.4, 0.5) is 11.4 Å². The first-order chi connectivity index (χ1) is 12.5. The average molecular weight is 349 g/mol. The quantitative estimate of drug-likeness (QED) is 0.760. The minimum Gasteiger partial charge on any atom is -0.495 e. The Morgan fingerprint density at radius 2 is 1.92 bits per heavy atom. The van der Waals surface area contributed by atoms with Crippen LogP contribution in [0, 0.1) is 19.8 Å². The number of nitrogen functional groups attached to an aromatic ring is 1. The lowest BCUT2D eigenvalue weighted by atomic mass is 9.82. The van der Waals surface area contributed by atoms with Crippen molar-refractivity contribution in [2.45, 2.75) is 33.1 Å². The maximum absolute atomic E-state index is 6.12. The third-order valence-electron chi connectivity index (χ3n) is 5.15. The number of methoxy groups -OCH3 is 1. The van der Waals surface area contributed by atoms with E-state index in [1.54, 1.807) is 7.11 Å². The number of allylic oxidation sites excluding steroid dienone is 1. The molecule has 4 nitrogen and oxygen atoms in total. The van der Waals surface area contributed by atoms with Crippen molar-refractivity contribution in [1.82, 2.24) is 0 Å². The first kappa shape index (κ1) is 18.1. The van der Waals surface area contributed by atoms with Gasteiger partial charge in [-0.25, -0.2) is 4.99 Å². The van der Waals surface area contributed by atoms with E-state index in [1.807, 2.05) is 18.3 Å². The van der Waals surface area contributed by atoms with E-state index in [9.17, 15) is 0 Å². The zero-order valence-electron chi connectivity index (χ0n) is 15.9. The maximum Gasteiger partial charge on any atom is 0.141 e. The predicted octanol–water partition coefficient (Wildman–Crippen LogP) is 5.04. The molecule has 0 bridgehead atoms. The molecule has 2 aromatic rings. The van der Waals surface area contributed by atoms with Crippen LogP contribution in [0.1, 0.15) is 36.0 Å². The molecule has 2 unspecified atom stereocenters. The van der Waals surface area contributed by atoms with Crippen molar-refractivity contribution in [2.75, 3.05) is 18.2 Å². The van der Waals surface area contributed by atoms with Crippen molar-refractivity contribution in [3.05, 3.63) is 65.4 Å². The SMILES string of the molecule is CCC1C(Nc2ccc(C)c(C)c2)=NC=CC1c1ccc(OC)c(N)c1. The van der Waals surface area contributed by atoms with Gasteiger partial charge in [-0.15, -0.1) is 0 Å². The van der Waals surface area contributed by atoms with Crippen molar-refractivity contribution in [2.24, 2.45) is 10.9 Å². The van der Waals surface area contributed by atoms with Crippen molar-refractivity contribution >= 4 is 17.2 Å². The summed E-state index contributed by atoms with van der Waals surface area (Å²) in [6, 6.07) is 12.5. The van der Waals surface area contributed by atoms with Crippen LogP contribution in [0.2, 0.25) is 0 Å². The molecular weight excluding hydrogens is 322 g/mol. The summed E-state index contributed by atoms with van der Waals surface area (Å²) < 4.78 is 5.28. The summed E-state index contributed by atoms with van der Waals surface area (Å²) in [6.07, 6.45) is 5.03. The fourth-order valence-corrected chi connectivity index (χ4v) is 3.46. The fraction of sp³-hybridized carbons (Fsp3) is 0.318. The topological polar surface area (TPSA) is 59.6 Å². The van der Waals surface area contributed by atoms with Gasteiger partial charge in [0.1, 0.15) is 11.6 Å². The zero-order chi connectivity index (χ0) is 18.7. The van der Waals surface area contributed by atoms with Crippen LogP contribution < -0.4 is 15.8 Å². The molecule has 136 valence electrons. The highest BCUT2D eigenvalue weighted by Crippen LogP contribution is 2.35. The molecule has 3 N–H and O–H groups in total. The summed E-state index contributed by atoms with van der Waals surface area (Å²) in [5.41, 5.74) is 11.6. The van der Waals surface area contributed by atoms with Gasteiger partial charge in [-0.1, -0.05) is 25.1 Å². The van der Waals surface area contributed by atoms with Gasteiger partial charge < -0.3 is 15.8 Å². The third-order valence-corrected chi connectivity index (χ3v) is 5.15. The van der Waals surface area contributed by atoms with Crippen molar-refractivity contribution in [1.29, 1.82) is 0 Å². The average Bonchev–Trinajstić information content (AvgIpc) is 2.64. The van der Waals surface area contributed by atoms with E-state index < -0.39 is 0 Å². The number of amidine groups is 1. The Labute approximate surface area is 155 Å². The molecule has 0 aliphatic carbocycles. The van der Waals surface area contributed by atoms with Gasteiger partial charge >= 0.3 is 0 Å². The van der Waals surface area contributed by atoms with Gasteiger partial charge in [-0.05, 0) is 61.2 Å². The number of hydrogen-bond acceptors (Lipinski definition) is 4. The smallest absolute Gasteiger partial charge is 0.141 e. The molecule has 4 heteroatoms. The summed E-state index contributed by atoms with van der Waals surface area (Å²) in [6.45, 7) is 6.45. The standard InChI is InChI=1S/C22H27N3O/c1-5-18-19(16-7-9-21(26-4)20(23)13-16)10-11-24-22(18)25-17-8-6-14(2)15(3)12-17/h6-13,18-19H,5,23H2,1-4H3,(H,24,25). The van der Waals surface area contributed by atoms with Gasteiger partial charge in [0.2, 0.25) is 0 Å². The fourth-order valence-electron chi connectivity index (χ4n) is 3.46. The number of anilines is 2. The highest BCUT2D eigenvalue weighted by atomic mass is 16.5. The van der Waals surface area contributed by atoms with Crippen LogP contribution in [0.25, 0.3) is 0 Å². The second-order valence-corrected chi connectivity index (χ2v) is 6.82. The lowest BCUT2D eigenvalue weighted by Crippen LogP contribution is -2.29. The van der Waals surface area contributed by atoms with Gasteiger partial charge in [0, 0.05) is 23.7 Å². The number of nitrogens with zero attached hydrogens (tertiary/aromatic N) is 1. The van der Waals surface area contributed by atoms with Crippen LogP contribution in [0.15, 0.2) is 53.7 Å². The Hall–Kier alpha value is -2.75. The monoisotopic (exact) mass is 349 g/mol.